The number of hydrogen-bond donors (Lipinski definition) is 1. The lowest BCUT2D eigenvalue weighted by molar-refractivity contribution is 0.482. The van der Waals surface area contributed by atoms with Gasteiger partial charge < -0.3 is 10.2 Å². The normalized spacial score (nSPS) is 22.3. The number of nitrogens with zero attached hydrogens (tertiary/aromatic N) is 2. The van der Waals surface area contributed by atoms with Gasteiger partial charge in [-0.1, -0.05) is 26.8 Å². The van der Waals surface area contributed by atoms with Gasteiger partial charge in [-0.3, -0.25) is 0 Å². The van der Waals surface area contributed by atoms with Gasteiger partial charge in [0, 0.05) is 31.9 Å². The van der Waals surface area contributed by atoms with E-state index in [1.54, 1.807) is 0 Å². The summed E-state index contributed by atoms with van der Waals surface area (Å²) >= 11 is 0. The summed E-state index contributed by atoms with van der Waals surface area (Å²) in [7, 11) is 0. The first-order chi connectivity index (χ1) is 8.58. The standard InChI is InChI=1S/C15H25N3/c1-11(2)13(4)14-5-6-15(17-9-14)18-8-7-16-12(3)10-18/h5-6,9,11-13,16H,7-8,10H2,1-4H3/t12-,13+/m1/s1. The lowest BCUT2D eigenvalue weighted by Crippen LogP contribution is -2.49. The Balaban J connectivity index is 2.07. The van der Waals surface area contributed by atoms with E-state index in [2.05, 4.69) is 55.0 Å². The van der Waals surface area contributed by atoms with E-state index in [0.29, 0.717) is 17.9 Å². The fourth-order valence-corrected chi connectivity index (χ4v) is 2.38. The molecule has 1 aliphatic rings. The van der Waals surface area contributed by atoms with Gasteiger partial charge in [-0.15, -0.1) is 0 Å². The Kier molecular flexibility index (Phi) is 4.23. The number of rotatable bonds is 3. The number of pyridine rings is 1. The van der Waals surface area contributed by atoms with Crippen molar-refractivity contribution in [3.05, 3.63) is 23.9 Å². The molecule has 3 nitrogen and oxygen atoms in total. The third-order valence-corrected chi connectivity index (χ3v) is 3.99. The number of anilines is 1. The lowest BCUT2D eigenvalue weighted by Gasteiger charge is -2.32. The van der Waals surface area contributed by atoms with Crippen molar-refractivity contribution in [3.8, 4) is 0 Å². The number of aromatic nitrogens is 1. The summed E-state index contributed by atoms with van der Waals surface area (Å²) in [5, 5.41) is 3.46. The van der Waals surface area contributed by atoms with Gasteiger partial charge in [0.05, 0.1) is 0 Å². The van der Waals surface area contributed by atoms with E-state index >= 15 is 0 Å². The summed E-state index contributed by atoms with van der Waals surface area (Å²) in [6, 6.07) is 4.96. The zero-order chi connectivity index (χ0) is 13.1. The number of hydrogen-bond acceptors (Lipinski definition) is 3. The van der Waals surface area contributed by atoms with Crippen LogP contribution in [0.25, 0.3) is 0 Å². The average molecular weight is 247 g/mol. The van der Waals surface area contributed by atoms with Crippen LogP contribution in [0.4, 0.5) is 5.82 Å². The zero-order valence-corrected chi connectivity index (χ0v) is 12.0. The van der Waals surface area contributed by atoms with E-state index in [4.69, 9.17) is 0 Å². The largest absolute Gasteiger partial charge is 0.354 e. The van der Waals surface area contributed by atoms with Crippen LogP contribution in [-0.4, -0.2) is 30.7 Å². The minimum atomic E-state index is 0.551. The summed E-state index contributed by atoms with van der Waals surface area (Å²) in [5.41, 5.74) is 1.34. The molecule has 0 aliphatic carbocycles. The van der Waals surface area contributed by atoms with Crippen molar-refractivity contribution in [1.82, 2.24) is 10.3 Å². The molecule has 2 atom stereocenters. The second-order valence-corrected chi connectivity index (χ2v) is 5.78. The number of piperazine rings is 1. The average Bonchev–Trinajstić information content (AvgIpc) is 2.38. The molecule has 0 bridgehead atoms. The van der Waals surface area contributed by atoms with Crippen LogP contribution in [0.2, 0.25) is 0 Å². The minimum Gasteiger partial charge on any atom is -0.354 e. The van der Waals surface area contributed by atoms with Crippen molar-refractivity contribution >= 4 is 5.82 Å². The van der Waals surface area contributed by atoms with Crippen molar-refractivity contribution in [2.45, 2.75) is 39.7 Å². The smallest absolute Gasteiger partial charge is 0.128 e. The highest BCUT2D eigenvalue weighted by atomic mass is 15.2. The summed E-state index contributed by atoms with van der Waals surface area (Å²) in [4.78, 5) is 7.00. The highest BCUT2D eigenvalue weighted by Crippen LogP contribution is 2.24. The van der Waals surface area contributed by atoms with Crippen LogP contribution < -0.4 is 10.2 Å². The molecule has 0 saturated carbocycles. The van der Waals surface area contributed by atoms with Gasteiger partial charge in [-0.05, 0) is 30.4 Å². The summed E-state index contributed by atoms with van der Waals surface area (Å²) < 4.78 is 0. The minimum absolute atomic E-state index is 0.551. The Morgan fingerprint density at radius 1 is 1.33 bits per heavy atom. The van der Waals surface area contributed by atoms with Crippen molar-refractivity contribution < 1.29 is 0 Å². The molecule has 0 aromatic carbocycles. The van der Waals surface area contributed by atoms with Crippen LogP contribution in [0.15, 0.2) is 18.3 Å². The van der Waals surface area contributed by atoms with Crippen LogP contribution in [0.5, 0.6) is 0 Å². The van der Waals surface area contributed by atoms with Crippen molar-refractivity contribution in [2.24, 2.45) is 5.92 Å². The summed E-state index contributed by atoms with van der Waals surface area (Å²) in [6.07, 6.45) is 2.05. The zero-order valence-electron chi connectivity index (χ0n) is 12.0. The predicted molar refractivity (Wildman–Crippen MR) is 77.2 cm³/mol. The maximum atomic E-state index is 4.64. The first-order valence-electron chi connectivity index (χ1n) is 7.02. The summed E-state index contributed by atoms with van der Waals surface area (Å²) in [6.45, 7) is 12.2. The Bertz CT molecular complexity index is 372. The molecule has 1 N–H and O–H groups in total. The fourth-order valence-electron chi connectivity index (χ4n) is 2.38. The Morgan fingerprint density at radius 2 is 2.11 bits per heavy atom. The van der Waals surface area contributed by atoms with Crippen molar-refractivity contribution in [1.29, 1.82) is 0 Å². The topological polar surface area (TPSA) is 28.2 Å². The molecule has 0 unspecified atom stereocenters. The van der Waals surface area contributed by atoms with Gasteiger partial charge in [0.15, 0.2) is 0 Å². The third-order valence-electron chi connectivity index (χ3n) is 3.99. The first-order valence-corrected chi connectivity index (χ1v) is 7.02. The maximum Gasteiger partial charge on any atom is 0.128 e. The SMILES string of the molecule is CC(C)[C@H](C)c1ccc(N2CCN[C@H](C)C2)nc1. The molecule has 18 heavy (non-hydrogen) atoms. The molecule has 0 radical (unpaired) electrons. The lowest BCUT2D eigenvalue weighted by atomic mass is 9.91. The summed E-state index contributed by atoms with van der Waals surface area (Å²) in [5.74, 6) is 2.36. The Labute approximate surface area is 111 Å². The second kappa shape index (κ2) is 5.70. The molecule has 1 aromatic heterocycles. The maximum absolute atomic E-state index is 4.64. The van der Waals surface area contributed by atoms with Gasteiger partial charge in [0.25, 0.3) is 0 Å². The molecular formula is C15H25N3. The molecular weight excluding hydrogens is 222 g/mol. The molecule has 0 amide bonds. The Hall–Kier alpha value is -1.09. The molecule has 1 fully saturated rings. The van der Waals surface area contributed by atoms with E-state index in [-0.39, 0.29) is 0 Å². The monoisotopic (exact) mass is 247 g/mol. The van der Waals surface area contributed by atoms with E-state index in [0.717, 1.165) is 25.5 Å². The van der Waals surface area contributed by atoms with Crippen LogP contribution in [0.1, 0.15) is 39.2 Å². The molecule has 2 heterocycles. The fraction of sp³-hybridized carbons (Fsp3) is 0.667. The number of nitrogens with one attached hydrogen (secondary N) is 1. The van der Waals surface area contributed by atoms with Crippen LogP contribution >= 0.6 is 0 Å². The molecule has 1 aromatic rings. The highest BCUT2D eigenvalue weighted by Gasteiger charge is 2.17. The molecule has 2 rings (SSSR count). The van der Waals surface area contributed by atoms with E-state index in [1.807, 2.05) is 6.20 Å². The van der Waals surface area contributed by atoms with E-state index in [1.165, 1.54) is 5.56 Å². The van der Waals surface area contributed by atoms with Gasteiger partial charge in [-0.25, -0.2) is 4.98 Å². The predicted octanol–water partition coefficient (Wildman–Crippen LogP) is 2.64. The molecule has 1 aliphatic heterocycles. The Morgan fingerprint density at radius 3 is 2.67 bits per heavy atom. The first kappa shape index (κ1) is 13.3. The van der Waals surface area contributed by atoms with Gasteiger partial charge in [0.1, 0.15) is 5.82 Å². The molecule has 0 spiro atoms. The third kappa shape index (κ3) is 3.02. The molecule has 3 heteroatoms. The molecule has 100 valence electrons. The second-order valence-electron chi connectivity index (χ2n) is 5.78. The van der Waals surface area contributed by atoms with Gasteiger partial charge >= 0.3 is 0 Å². The quantitative estimate of drug-likeness (QED) is 0.890. The van der Waals surface area contributed by atoms with Crippen LogP contribution in [0.3, 0.4) is 0 Å². The highest BCUT2D eigenvalue weighted by molar-refractivity contribution is 5.40. The van der Waals surface area contributed by atoms with Crippen LogP contribution in [-0.2, 0) is 0 Å². The van der Waals surface area contributed by atoms with E-state index < -0.39 is 0 Å². The van der Waals surface area contributed by atoms with Gasteiger partial charge in [0.2, 0.25) is 0 Å². The van der Waals surface area contributed by atoms with Crippen LogP contribution in [0, 0.1) is 5.92 Å². The van der Waals surface area contributed by atoms with E-state index in [9.17, 15) is 0 Å². The van der Waals surface area contributed by atoms with Crippen molar-refractivity contribution in [3.63, 3.8) is 0 Å². The van der Waals surface area contributed by atoms with Gasteiger partial charge in [-0.2, -0.15) is 0 Å². The van der Waals surface area contributed by atoms with Crippen molar-refractivity contribution in [2.75, 3.05) is 24.5 Å². The molecule has 1 saturated heterocycles.